The fraction of sp³-hybridized carbons (Fsp3) is 0.625. The highest BCUT2D eigenvalue weighted by Crippen LogP contribution is 2.14. The number of nitrogens with zero attached hydrogens (tertiary/aromatic N) is 3. The van der Waals surface area contributed by atoms with Crippen LogP contribution in [-0.4, -0.2) is 27.6 Å². The van der Waals surface area contributed by atoms with Gasteiger partial charge in [-0.05, 0) is 6.42 Å². The number of alkyl halides is 2. The van der Waals surface area contributed by atoms with Crippen molar-refractivity contribution in [2.75, 3.05) is 13.1 Å². The Kier molecular flexibility index (Phi) is 2.74. The molecular formula is C8H12F2N4. The monoisotopic (exact) mass is 202 g/mol. The van der Waals surface area contributed by atoms with Gasteiger partial charge in [-0.1, -0.05) is 0 Å². The summed E-state index contributed by atoms with van der Waals surface area (Å²) in [5.41, 5.74) is 3.10. The molecule has 1 fully saturated rings. The number of hydrazine groups is 1. The molecule has 0 unspecified atom stereocenters. The first-order valence-corrected chi connectivity index (χ1v) is 4.55. The molecule has 1 aromatic rings. The van der Waals surface area contributed by atoms with E-state index in [2.05, 4.69) is 10.4 Å². The van der Waals surface area contributed by atoms with E-state index in [0.29, 0.717) is 12.4 Å². The van der Waals surface area contributed by atoms with Crippen molar-refractivity contribution in [1.82, 2.24) is 20.0 Å². The van der Waals surface area contributed by atoms with E-state index in [4.69, 9.17) is 0 Å². The molecule has 0 amide bonds. The minimum Gasteiger partial charge on any atom is -0.276 e. The molecule has 78 valence electrons. The molecule has 0 aliphatic carbocycles. The summed E-state index contributed by atoms with van der Waals surface area (Å²) < 4.78 is 25.7. The number of hydrogen-bond acceptors (Lipinski definition) is 3. The zero-order valence-electron chi connectivity index (χ0n) is 7.66. The lowest BCUT2D eigenvalue weighted by Crippen LogP contribution is -2.31. The quantitative estimate of drug-likeness (QED) is 0.793. The topological polar surface area (TPSA) is 33.1 Å². The Morgan fingerprint density at radius 1 is 1.57 bits per heavy atom. The summed E-state index contributed by atoms with van der Waals surface area (Å²) in [5.74, 6) is 0.398. The average molecular weight is 202 g/mol. The average Bonchev–Trinajstić information content (AvgIpc) is 2.75. The third-order valence-corrected chi connectivity index (χ3v) is 2.23. The van der Waals surface area contributed by atoms with Crippen molar-refractivity contribution in [2.24, 2.45) is 0 Å². The van der Waals surface area contributed by atoms with Crippen LogP contribution in [0.5, 0.6) is 0 Å². The van der Waals surface area contributed by atoms with Crippen LogP contribution in [0.3, 0.4) is 0 Å². The lowest BCUT2D eigenvalue weighted by atomic mass is 10.4. The fourth-order valence-corrected chi connectivity index (χ4v) is 1.54. The van der Waals surface area contributed by atoms with Crippen LogP contribution in [0.4, 0.5) is 8.78 Å². The molecular weight excluding hydrogens is 190 g/mol. The molecule has 4 nitrogen and oxygen atoms in total. The van der Waals surface area contributed by atoms with Crippen LogP contribution in [0.25, 0.3) is 0 Å². The summed E-state index contributed by atoms with van der Waals surface area (Å²) >= 11 is 0. The molecule has 1 aliphatic rings. The van der Waals surface area contributed by atoms with E-state index in [0.717, 1.165) is 24.1 Å². The molecule has 1 N–H and O–H groups in total. The minimum absolute atomic E-state index is 0.398. The van der Waals surface area contributed by atoms with Gasteiger partial charge in [-0.2, -0.15) is 8.78 Å². The Hall–Kier alpha value is -1.01. The van der Waals surface area contributed by atoms with Crippen molar-refractivity contribution in [2.45, 2.75) is 19.5 Å². The molecule has 6 heteroatoms. The first kappa shape index (κ1) is 9.54. The predicted molar refractivity (Wildman–Crippen MR) is 46.5 cm³/mol. The van der Waals surface area contributed by atoms with Gasteiger partial charge >= 0.3 is 6.55 Å². The second kappa shape index (κ2) is 4.02. The molecule has 0 atom stereocenters. The van der Waals surface area contributed by atoms with E-state index in [9.17, 15) is 8.78 Å². The van der Waals surface area contributed by atoms with Crippen molar-refractivity contribution >= 4 is 0 Å². The number of halogens is 2. The smallest absolute Gasteiger partial charge is 0.276 e. The molecule has 1 saturated heterocycles. The van der Waals surface area contributed by atoms with Gasteiger partial charge in [-0.25, -0.2) is 9.99 Å². The van der Waals surface area contributed by atoms with Gasteiger partial charge in [0.1, 0.15) is 5.82 Å². The first-order chi connectivity index (χ1) is 6.77. The van der Waals surface area contributed by atoms with Gasteiger partial charge in [-0.15, -0.1) is 0 Å². The molecule has 1 aliphatic heterocycles. The molecule has 0 radical (unpaired) electrons. The largest absolute Gasteiger partial charge is 0.319 e. The first-order valence-electron chi connectivity index (χ1n) is 4.55. The van der Waals surface area contributed by atoms with Crippen LogP contribution in [0.2, 0.25) is 0 Å². The molecule has 2 heterocycles. The van der Waals surface area contributed by atoms with E-state index in [1.165, 1.54) is 12.4 Å². The minimum atomic E-state index is -2.50. The number of aromatic nitrogens is 2. The van der Waals surface area contributed by atoms with Crippen molar-refractivity contribution < 1.29 is 8.78 Å². The predicted octanol–water partition coefficient (Wildman–Crippen LogP) is 0.988. The summed E-state index contributed by atoms with van der Waals surface area (Å²) in [5, 5.41) is 1.90. The van der Waals surface area contributed by atoms with Gasteiger partial charge in [0, 0.05) is 25.5 Å². The third-order valence-electron chi connectivity index (χ3n) is 2.23. The van der Waals surface area contributed by atoms with Crippen molar-refractivity contribution in [1.29, 1.82) is 0 Å². The van der Waals surface area contributed by atoms with E-state index in [1.807, 2.05) is 5.01 Å². The van der Waals surface area contributed by atoms with Gasteiger partial charge < -0.3 is 0 Å². The van der Waals surface area contributed by atoms with Crippen molar-refractivity contribution in [3.63, 3.8) is 0 Å². The van der Waals surface area contributed by atoms with Gasteiger partial charge in [0.05, 0.1) is 6.54 Å². The van der Waals surface area contributed by atoms with Crippen LogP contribution in [-0.2, 0) is 6.54 Å². The maximum absolute atomic E-state index is 12.4. The molecule has 0 bridgehead atoms. The van der Waals surface area contributed by atoms with E-state index in [1.54, 1.807) is 0 Å². The van der Waals surface area contributed by atoms with Gasteiger partial charge in [-0.3, -0.25) is 9.99 Å². The number of hydrogen-bond donors (Lipinski definition) is 1. The van der Waals surface area contributed by atoms with Crippen LogP contribution in [0, 0.1) is 0 Å². The maximum atomic E-state index is 12.4. The maximum Gasteiger partial charge on any atom is 0.319 e. The van der Waals surface area contributed by atoms with Crippen LogP contribution < -0.4 is 5.43 Å². The molecule has 1 aromatic heterocycles. The summed E-state index contributed by atoms with van der Waals surface area (Å²) in [6.07, 6.45) is 3.75. The SMILES string of the molecule is FC(F)n1ccnc1CN1CCCN1. The molecule has 0 spiro atoms. The fourth-order valence-electron chi connectivity index (χ4n) is 1.54. The Morgan fingerprint density at radius 2 is 2.43 bits per heavy atom. The molecule has 2 rings (SSSR count). The molecule has 0 aromatic carbocycles. The third kappa shape index (κ3) is 1.91. The van der Waals surface area contributed by atoms with Crippen molar-refractivity contribution in [3.05, 3.63) is 18.2 Å². The Balaban J connectivity index is 2.04. The zero-order valence-corrected chi connectivity index (χ0v) is 7.66. The summed E-state index contributed by atoms with van der Waals surface area (Å²) in [4.78, 5) is 3.90. The van der Waals surface area contributed by atoms with Crippen molar-refractivity contribution in [3.8, 4) is 0 Å². The van der Waals surface area contributed by atoms with Gasteiger partial charge in [0.2, 0.25) is 0 Å². The highest BCUT2D eigenvalue weighted by molar-refractivity contribution is 4.92. The van der Waals surface area contributed by atoms with Crippen LogP contribution in [0.15, 0.2) is 12.4 Å². The lowest BCUT2D eigenvalue weighted by molar-refractivity contribution is 0.0632. The summed E-state index contributed by atoms with van der Waals surface area (Å²) in [6.45, 7) is -0.280. The standard InChI is InChI=1S/C8H12F2N4/c9-8(10)14-5-3-11-7(14)6-13-4-1-2-12-13/h3,5,8,12H,1-2,4,6H2. The second-order valence-electron chi connectivity index (χ2n) is 3.21. The molecule has 14 heavy (non-hydrogen) atoms. The number of imidazole rings is 1. The number of rotatable bonds is 3. The Labute approximate surface area is 80.5 Å². The Morgan fingerprint density at radius 3 is 3.07 bits per heavy atom. The van der Waals surface area contributed by atoms with Crippen LogP contribution >= 0.6 is 0 Å². The normalized spacial score (nSPS) is 18.2. The summed E-state index contributed by atoms with van der Waals surface area (Å²) in [7, 11) is 0. The van der Waals surface area contributed by atoms with E-state index < -0.39 is 6.55 Å². The summed E-state index contributed by atoms with van der Waals surface area (Å²) in [6, 6.07) is 0. The lowest BCUT2D eigenvalue weighted by Gasteiger charge is -2.15. The number of nitrogens with one attached hydrogen (secondary N) is 1. The van der Waals surface area contributed by atoms with Gasteiger partial charge in [0.15, 0.2) is 0 Å². The van der Waals surface area contributed by atoms with Gasteiger partial charge in [0.25, 0.3) is 0 Å². The highest BCUT2D eigenvalue weighted by Gasteiger charge is 2.16. The highest BCUT2D eigenvalue weighted by atomic mass is 19.3. The van der Waals surface area contributed by atoms with E-state index in [-0.39, 0.29) is 0 Å². The van der Waals surface area contributed by atoms with Crippen LogP contribution in [0.1, 0.15) is 18.8 Å². The second-order valence-corrected chi connectivity index (χ2v) is 3.21. The Bertz CT molecular complexity index is 293. The molecule has 0 saturated carbocycles. The van der Waals surface area contributed by atoms with E-state index >= 15 is 0 Å². The zero-order chi connectivity index (χ0) is 9.97.